The van der Waals surface area contributed by atoms with Gasteiger partial charge >= 0.3 is 0 Å². The summed E-state index contributed by atoms with van der Waals surface area (Å²) in [6.45, 7) is 1.53. The minimum absolute atomic E-state index is 0.223. The molecule has 1 fully saturated rings. The number of rotatable bonds is 4. The van der Waals surface area contributed by atoms with E-state index in [0.29, 0.717) is 17.4 Å². The van der Waals surface area contributed by atoms with E-state index in [1.54, 1.807) is 6.20 Å². The Hall–Kier alpha value is -1.59. The second kappa shape index (κ2) is 6.45. The molecule has 0 unspecified atom stereocenters. The van der Waals surface area contributed by atoms with E-state index in [-0.39, 0.29) is 5.91 Å². The molecule has 0 aliphatic carbocycles. The van der Waals surface area contributed by atoms with E-state index >= 15 is 0 Å². The lowest BCUT2D eigenvalue weighted by molar-refractivity contribution is -0.119. The summed E-state index contributed by atoms with van der Waals surface area (Å²) in [5, 5.41) is 3.32. The number of nitrogens with one attached hydrogen (secondary N) is 1. The normalized spacial score (nSPS) is 15.3. The van der Waals surface area contributed by atoms with Gasteiger partial charge in [-0.25, -0.2) is 4.98 Å². The molecule has 2 heterocycles. The highest BCUT2D eigenvalue weighted by atomic mass is 35.5. The molecule has 1 aliphatic heterocycles. The zero-order valence-electron chi connectivity index (χ0n) is 11.5. The molecule has 1 aromatic heterocycles. The molecule has 0 radical (unpaired) electrons. The van der Waals surface area contributed by atoms with E-state index < -0.39 is 0 Å². The average Bonchev–Trinajstić information content (AvgIpc) is 2.92. The van der Waals surface area contributed by atoms with Crippen LogP contribution in [0.3, 0.4) is 0 Å². The number of halogens is 1. The van der Waals surface area contributed by atoms with Gasteiger partial charge in [0.2, 0.25) is 5.91 Å². The Morgan fingerprint density at radius 2 is 2.10 bits per heavy atom. The van der Waals surface area contributed by atoms with Gasteiger partial charge in [0.1, 0.15) is 0 Å². The molecule has 0 atom stereocenters. The molecule has 1 aliphatic rings. The molecule has 21 heavy (non-hydrogen) atoms. The zero-order valence-corrected chi connectivity index (χ0v) is 13.1. The maximum Gasteiger partial charge on any atom is 0.226 e. The predicted molar refractivity (Wildman–Crippen MR) is 87.1 cm³/mol. The van der Waals surface area contributed by atoms with E-state index in [2.05, 4.69) is 10.3 Å². The van der Waals surface area contributed by atoms with Gasteiger partial charge in [-0.3, -0.25) is 4.79 Å². The van der Waals surface area contributed by atoms with Gasteiger partial charge in [-0.2, -0.15) is 0 Å². The smallest absolute Gasteiger partial charge is 0.226 e. The SMILES string of the molecule is O=C1CCCCN1c1ccc(NCc2cnc(Cl)s2)cc1. The number of hydrogen-bond acceptors (Lipinski definition) is 4. The van der Waals surface area contributed by atoms with Crippen LogP contribution in [0.2, 0.25) is 4.47 Å². The first-order valence-corrected chi connectivity index (χ1v) is 8.16. The maximum absolute atomic E-state index is 11.9. The fraction of sp³-hybridized carbons (Fsp3) is 0.333. The van der Waals surface area contributed by atoms with Crippen LogP contribution in [0.1, 0.15) is 24.1 Å². The summed E-state index contributed by atoms with van der Waals surface area (Å²) in [7, 11) is 0. The molecule has 2 aromatic rings. The van der Waals surface area contributed by atoms with Crippen LogP contribution in [-0.2, 0) is 11.3 Å². The van der Waals surface area contributed by atoms with Crippen molar-refractivity contribution < 1.29 is 4.79 Å². The Kier molecular flexibility index (Phi) is 4.41. The topological polar surface area (TPSA) is 45.2 Å². The summed E-state index contributed by atoms with van der Waals surface area (Å²) < 4.78 is 0.561. The molecular formula is C15H16ClN3OS. The van der Waals surface area contributed by atoms with Crippen molar-refractivity contribution >= 4 is 40.2 Å². The number of aromatic nitrogens is 1. The van der Waals surface area contributed by atoms with E-state index in [1.807, 2.05) is 29.2 Å². The number of anilines is 2. The Labute approximate surface area is 132 Å². The first-order chi connectivity index (χ1) is 10.2. The maximum atomic E-state index is 11.9. The third-order valence-electron chi connectivity index (χ3n) is 3.49. The van der Waals surface area contributed by atoms with Crippen molar-refractivity contribution in [3.8, 4) is 0 Å². The lowest BCUT2D eigenvalue weighted by Crippen LogP contribution is -2.35. The van der Waals surface area contributed by atoms with Gasteiger partial charge in [-0.05, 0) is 37.1 Å². The number of piperidine rings is 1. The monoisotopic (exact) mass is 321 g/mol. The van der Waals surface area contributed by atoms with Crippen molar-refractivity contribution in [3.63, 3.8) is 0 Å². The molecule has 110 valence electrons. The van der Waals surface area contributed by atoms with E-state index in [4.69, 9.17) is 11.6 Å². The van der Waals surface area contributed by atoms with Crippen LogP contribution in [0.15, 0.2) is 30.5 Å². The van der Waals surface area contributed by atoms with Gasteiger partial charge in [0, 0.05) is 35.4 Å². The lowest BCUT2D eigenvalue weighted by atomic mass is 10.1. The van der Waals surface area contributed by atoms with Crippen LogP contribution in [0.4, 0.5) is 11.4 Å². The fourth-order valence-electron chi connectivity index (χ4n) is 2.39. The standard InChI is InChI=1S/C15H16ClN3OS/c16-15-18-10-13(21-15)9-17-11-4-6-12(7-5-11)19-8-2-1-3-14(19)20/h4-7,10,17H,1-3,8-9H2. The molecule has 4 nitrogen and oxygen atoms in total. The molecule has 0 saturated carbocycles. The Bertz CT molecular complexity index is 626. The number of thiazole rings is 1. The third kappa shape index (κ3) is 3.54. The summed E-state index contributed by atoms with van der Waals surface area (Å²) in [6.07, 6.45) is 4.52. The Morgan fingerprint density at radius 3 is 2.76 bits per heavy atom. The van der Waals surface area contributed by atoms with Gasteiger partial charge in [0.05, 0.1) is 6.54 Å². The number of carbonyl (C=O) groups is 1. The van der Waals surface area contributed by atoms with E-state index in [9.17, 15) is 4.79 Å². The lowest BCUT2D eigenvalue weighted by Gasteiger charge is -2.26. The average molecular weight is 322 g/mol. The van der Waals surface area contributed by atoms with E-state index in [1.165, 1.54) is 11.3 Å². The number of amides is 1. The first-order valence-electron chi connectivity index (χ1n) is 6.97. The largest absolute Gasteiger partial charge is 0.380 e. The number of nitrogens with zero attached hydrogens (tertiary/aromatic N) is 2. The van der Waals surface area contributed by atoms with Crippen LogP contribution >= 0.6 is 22.9 Å². The van der Waals surface area contributed by atoms with Crippen molar-refractivity contribution in [3.05, 3.63) is 39.8 Å². The van der Waals surface area contributed by atoms with Gasteiger partial charge in [0.15, 0.2) is 4.47 Å². The minimum atomic E-state index is 0.223. The zero-order chi connectivity index (χ0) is 14.7. The van der Waals surface area contributed by atoms with Crippen molar-refractivity contribution in [2.45, 2.75) is 25.8 Å². The molecule has 1 saturated heterocycles. The summed E-state index contributed by atoms with van der Waals surface area (Å²) >= 11 is 7.28. The Balaban J connectivity index is 1.62. The summed E-state index contributed by atoms with van der Waals surface area (Å²) in [5.41, 5.74) is 2.00. The molecule has 0 spiro atoms. The predicted octanol–water partition coefficient (Wildman–Crippen LogP) is 3.93. The minimum Gasteiger partial charge on any atom is -0.380 e. The van der Waals surface area contributed by atoms with Gasteiger partial charge in [0.25, 0.3) is 0 Å². The highest BCUT2D eigenvalue weighted by molar-refractivity contribution is 7.15. The second-order valence-electron chi connectivity index (χ2n) is 4.98. The summed E-state index contributed by atoms with van der Waals surface area (Å²) in [4.78, 5) is 18.9. The molecule has 1 aromatic carbocycles. The highest BCUT2D eigenvalue weighted by Crippen LogP contribution is 2.23. The molecule has 0 bridgehead atoms. The summed E-state index contributed by atoms with van der Waals surface area (Å²) in [6, 6.07) is 7.98. The van der Waals surface area contributed by atoms with Crippen molar-refractivity contribution in [2.75, 3.05) is 16.8 Å². The molecule has 3 rings (SSSR count). The van der Waals surface area contributed by atoms with E-state index in [0.717, 1.165) is 35.6 Å². The molecular weight excluding hydrogens is 306 g/mol. The quantitative estimate of drug-likeness (QED) is 0.928. The second-order valence-corrected chi connectivity index (χ2v) is 6.68. The summed E-state index contributed by atoms with van der Waals surface area (Å²) in [5.74, 6) is 0.223. The van der Waals surface area contributed by atoms with Gasteiger partial charge in [-0.15, -0.1) is 11.3 Å². The van der Waals surface area contributed by atoms with Crippen molar-refractivity contribution in [1.82, 2.24) is 4.98 Å². The van der Waals surface area contributed by atoms with Crippen molar-refractivity contribution in [1.29, 1.82) is 0 Å². The third-order valence-corrected chi connectivity index (χ3v) is 4.61. The van der Waals surface area contributed by atoms with Crippen LogP contribution < -0.4 is 10.2 Å². The molecule has 1 amide bonds. The van der Waals surface area contributed by atoms with Crippen LogP contribution in [0, 0.1) is 0 Å². The van der Waals surface area contributed by atoms with Crippen LogP contribution in [-0.4, -0.2) is 17.4 Å². The van der Waals surface area contributed by atoms with Gasteiger partial charge in [-0.1, -0.05) is 11.6 Å². The molecule has 1 N–H and O–H groups in total. The van der Waals surface area contributed by atoms with Gasteiger partial charge < -0.3 is 10.2 Å². The van der Waals surface area contributed by atoms with Crippen molar-refractivity contribution in [2.24, 2.45) is 0 Å². The fourth-order valence-corrected chi connectivity index (χ4v) is 3.31. The number of hydrogen-bond donors (Lipinski definition) is 1. The number of carbonyl (C=O) groups excluding carboxylic acids is 1. The van der Waals surface area contributed by atoms with Crippen LogP contribution in [0.5, 0.6) is 0 Å². The highest BCUT2D eigenvalue weighted by Gasteiger charge is 2.19. The first kappa shape index (κ1) is 14.4. The number of benzene rings is 1. The molecule has 6 heteroatoms. The van der Waals surface area contributed by atoms with Crippen LogP contribution in [0.25, 0.3) is 0 Å². The Morgan fingerprint density at radius 1 is 1.29 bits per heavy atom.